The molecule has 0 atom stereocenters. The van der Waals surface area contributed by atoms with E-state index in [1.165, 1.54) is 12.5 Å². The van der Waals surface area contributed by atoms with E-state index in [-0.39, 0.29) is 4.90 Å². The predicted octanol–water partition coefficient (Wildman–Crippen LogP) is 6.73. The highest BCUT2D eigenvalue weighted by Gasteiger charge is 2.33. The molecule has 2 heterocycles. The first-order valence-corrected chi connectivity index (χ1v) is 17.9. The summed E-state index contributed by atoms with van der Waals surface area (Å²) in [7, 11) is -6.78. The number of fused-ring (bicyclic) bond motifs is 1. The minimum Gasteiger partial charge on any atom is -0.386 e. The number of aliphatic hydroxyl groups is 1. The fraction of sp³-hybridized carbons (Fsp3) is 0.229. The highest BCUT2D eigenvalue weighted by atomic mass is 32.2. The largest absolute Gasteiger partial charge is 0.386 e. The first-order chi connectivity index (χ1) is 20.4. The van der Waals surface area contributed by atoms with Crippen molar-refractivity contribution in [3.63, 3.8) is 0 Å². The number of rotatable bonds is 8. The molecule has 0 fully saturated rings. The third-order valence-electron chi connectivity index (χ3n) is 8.11. The van der Waals surface area contributed by atoms with Gasteiger partial charge in [-0.1, -0.05) is 36.4 Å². The second-order valence-electron chi connectivity index (χ2n) is 12.2. The fourth-order valence-corrected chi connectivity index (χ4v) is 6.21. The van der Waals surface area contributed by atoms with Crippen molar-refractivity contribution in [2.24, 2.45) is 0 Å². The SMILES string of the molecule is CC(C)(O)c1c[nH]c(C(=Cc2cccc(-c3cc(C(C)(C)S(C)(=O)=O)cc4cccnc34)c2)c2ccc(S(C)(=O)=O)cc2)c1. The average Bonchev–Trinajstić information content (AvgIpc) is 3.45. The minimum atomic E-state index is -3.42. The Bertz CT molecular complexity index is 2120. The Kier molecular flexibility index (Phi) is 7.95. The summed E-state index contributed by atoms with van der Waals surface area (Å²) in [6, 6.07) is 24.0. The van der Waals surface area contributed by atoms with E-state index in [1.807, 2.05) is 60.7 Å². The normalized spacial score (nSPS) is 13.4. The molecule has 0 saturated carbocycles. The number of nitrogens with zero attached hydrogens (tertiary/aromatic N) is 1. The number of sulfone groups is 2. The zero-order valence-corrected chi connectivity index (χ0v) is 27.2. The van der Waals surface area contributed by atoms with Gasteiger partial charge in [-0.25, -0.2) is 16.8 Å². The van der Waals surface area contributed by atoms with Gasteiger partial charge in [-0.3, -0.25) is 4.98 Å². The molecule has 2 aromatic heterocycles. The number of aromatic amines is 1. The Morgan fingerprint density at radius 3 is 2.16 bits per heavy atom. The van der Waals surface area contributed by atoms with Crippen molar-refractivity contribution < 1.29 is 21.9 Å². The third-order valence-corrected chi connectivity index (χ3v) is 11.3. The summed E-state index contributed by atoms with van der Waals surface area (Å²) >= 11 is 0. The van der Waals surface area contributed by atoms with Crippen molar-refractivity contribution in [1.82, 2.24) is 9.97 Å². The van der Waals surface area contributed by atoms with E-state index in [0.29, 0.717) is 11.1 Å². The Hall–Kier alpha value is -4.05. The van der Waals surface area contributed by atoms with Crippen molar-refractivity contribution in [1.29, 1.82) is 0 Å². The first kappa shape index (κ1) is 31.4. The van der Waals surface area contributed by atoms with E-state index in [0.717, 1.165) is 44.4 Å². The quantitative estimate of drug-likeness (QED) is 0.184. The van der Waals surface area contributed by atoms with Gasteiger partial charge in [-0.05, 0) is 98.5 Å². The Morgan fingerprint density at radius 1 is 0.841 bits per heavy atom. The lowest BCUT2D eigenvalue weighted by molar-refractivity contribution is 0.0787. The van der Waals surface area contributed by atoms with E-state index in [2.05, 4.69) is 9.97 Å². The molecule has 9 heteroatoms. The van der Waals surface area contributed by atoms with Crippen molar-refractivity contribution in [2.75, 3.05) is 12.5 Å². The summed E-state index contributed by atoms with van der Waals surface area (Å²) in [5.41, 5.74) is 5.97. The number of nitrogens with one attached hydrogen (secondary N) is 1. The molecule has 0 aliphatic rings. The van der Waals surface area contributed by atoms with Gasteiger partial charge in [0.05, 0.1) is 20.8 Å². The highest BCUT2D eigenvalue weighted by Crippen LogP contribution is 2.37. The minimum absolute atomic E-state index is 0.225. The lowest BCUT2D eigenvalue weighted by atomic mass is 9.92. The molecule has 3 aromatic carbocycles. The molecule has 2 N–H and O–H groups in total. The van der Waals surface area contributed by atoms with Crippen LogP contribution in [0.3, 0.4) is 0 Å². The summed E-state index contributed by atoms with van der Waals surface area (Å²) in [5.74, 6) is 0. The van der Waals surface area contributed by atoms with Gasteiger partial charge in [0.25, 0.3) is 0 Å². The Morgan fingerprint density at radius 2 is 1.55 bits per heavy atom. The Labute approximate surface area is 259 Å². The van der Waals surface area contributed by atoms with Crippen LogP contribution in [0.5, 0.6) is 0 Å². The molecule has 7 nitrogen and oxygen atoms in total. The molecule has 5 rings (SSSR count). The first-order valence-electron chi connectivity index (χ1n) is 14.1. The van der Waals surface area contributed by atoms with Crippen LogP contribution in [-0.4, -0.2) is 44.4 Å². The van der Waals surface area contributed by atoms with Crippen molar-refractivity contribution in [3.8, 4) is 11.1 Å². The third kappa shape index (κ3) is 6.26. The smallest absolute Gasteiger partial charge is 0.175 e. The molecule has 0 spiro atoms. The van der Waals surface area contributed by atoms with Gasteiger partial charge in [-0.2, -0.15) is 0 Å². The zero-order chi connectivity index (χ0) is 32.1. The summed E-state index contributed by atoms with van der Waals surface area (Å²) in [5, 5.41) is 11.4. The number of aromatic nitrogens is 2. The molecular formula is C35H36N2O5S2. The number of benzene rings is 3. The molecule has 0 saturated heterocycles. The van der Waals surface area contributed by atoms with E-state index < -0.39 is 30.0 Å². The standard InChI is InChI=1S/C35H36N2O5S2/c1-34(2,38)28-21-32(37-22-28)30(24-12-14-29(15-13-24)43(5,39)40)18-23-9-7-10-25(17-23)31-20-27(35(3,4)44(6,41)42)19-26-11-8-16-36-33(26)31/h7-22,37-38H,1-6H3. The molecule has 0 radical (unpaired) electrons. The predicted molar refractivity (Wildman–Crippen MR) is 178 cm³/mol. The van der Waals surface area contributed by atoms with E-state index >= 15 is 0 Å². The van der Waals surface area contributed by atoms with Crippen LogP contribution >= 0.6 is 0 Å². The molecule has 0 amide bonds. The van der Waals surface area contributed by atoms with Gasteiger partial charge in [0.15, 0.2) is 19.7 Å². The van der Waals surface area contributed by atoms with Gasteiger partial charge in [0, 0.05) is 52.7 Å². The number of H-pyrrole nitrogens is 1. The van der Waals surface area contributed by atoms with Crippen molar-refractivity contribution >= 4 is 42.2 Å². The van der Waals surface area contributed by atoms with Gasteiger partial charge >= 0.3 is 0 Å². The van der Waals surface area contributed by atoms with Gasteiger partial charge in [-0.15, -0.1) is 0 Å². The molecule has 228 valence electrons. The molecule has 44 heavy (non-hydrogen) atoms. The number of pyridine rings is 1. The molecule has 0 unspecified atom stereocenters. The van der Waals surface area contributed by atoms with Crippen LogP contribution < -0.4 is 0 Å². The topological polar surface area (TPSA) is 117 Å². The maximum atomic E-state index is 12.7. The van der Waals surface area contributed by atoms with Gasteiger partial charge < -0.3 is 10.1 Å². The van der Waals surface area contributed by atoms with E-state index in [4.69, 9.17) is 0 Å². The summed E-state index contributed by atoms with van der Waals surface area (Å²) in [6.07, 6.45) is 7.91. The highest BCUT2D eigenvalue weighted by molar-refractivity contribution is 7.91. The van der Waals surface area contributed by atoms with Crippen LogP contribution in [0.2, 0.25) is 0 Å². The Balaban J connectivity index is 1.69. The molecule has 0 aliphatic heterocycles. The average molecular weight is 629 g/mol. The number of hydrogen-bond acceptors (Lipinski definition) is 6. The van der Waals surface area contributed by atoms with E-state index in [1.54, 1.807) is 64.4 Å². The van der Waals surface area contributed by atoms with Crippen LogP contribution in [0.1, 0.15) is 55.6 Å². The van der Waals surface area contributed by atoms with Crippen LogP contribution in [-0.2, 0) is 30.0 Å². The number of hydrogen-bond donors (Lipinski definition) is 2. The van der Waals surface area contributed by atoms with Crippen LogP contribution in [0.25, 0.3) is 33.7 Å². The maximum absolute atomic E-state index is 12.7. The second kappa shape index (κ2) is 11.1. The van der Waals surface area contributed by atoms with Crippen molar-refractivity contribution in [2.45, 2.75) is 42.9 Å². The molecular weight excluding hydrogens is 593 g/mol. The van der Waals surface area contributed by atoms with Crippen LogP contribution in [0.4, 0.5) is 0 Å². The molecule has 0 aliphatic carbocycles. The fourth-order valence-electron chi connectivity index (χ4n) is 5.04. The lowest BCUT2D eigenvalue weighted by Crippen LogP contribution is -2.28. The maximum Gasteiger partial charge on any atom is 0.175 e. The van der Waals surface area contributed by atoms with Crippen LogP contribution in [0.15, 0.2) is 96.2 Å². The summed E-state index contributed by atoms with van der Waals surface area (Å²) in [4.78, 5) is 8.14. The second-order valence-corrected chi connectivity index (χ2v) is 16.8. The van der Waals surface area contributed by atoms with Gasteiger partial charge in [0.2, 0.25) is 0 Å². The summed E-state index contributed by atoms with van der Waals surface area (Å²) in [6.45, 7) is 6.85. The van der Waals surface area contributed by atoms with Gasteiger partial charge in [0.1, 0.15) is 0 Å². The summed E-state index contributed by atoms with van der Waals surface area (Å²) < 4.78 is 48.6. The van der Waals surface area contributed by atoms with E-state index in [9.17, 15) is 21.9 Å². The monoisotopic (exact) mass is 628 g/mol. The zero-order valence-electron chi connectivity index (χ0n) is 25.6. The van der Waals surface area contributed by atoms with Crippen molar-refractivity contribution in [3.05, 3.63) is 119 Å². The molecule has 5 aromatic rings. The molecule has 0 bridgehead atoms. The van der Waals surface area contributed by atoms with Crippen LogP contribution in [0, 0.1) is 0 Å². The lowest BCUT2D eigenvalue weighted by Gasteiger charge is -2.24.